The molecule has 0 bridgehead atoms. The molecular formula is C16H22N4O. The minimum absolute atomic E-state index is 0.00773. The molecule has 112 valence electrons. The second-order valence-electron chi connectivity index (χ2n) is 5.80. The van der Waals surface area contributed by atoms with Crippen molar-refractivity contribution in [3.63, 3.8) is 0 Å². The van der Waals surface area contributed by atoms with Gasteiger partial charge in [-0.3, -0.25) is 4.79 Å². The Balaban J connectivity index is 1.52. The van der Waals surface area contributed by atoms with Crippen molar-refractivity contribution in [2.75, 3.05) is 24.5 Å². The van der Waals surface area contributed by atoms with E-state index in [-0.39, 0.29) is 12.5 Å². The van der Waals surface area contributed by atoms with Crippen LogP contribution in [0, 0.1) is 5.92 Å². The number of carbonyl (C=O) groups is 1. The fourth-order valence-electron chi connectivity index (χ4n) is 2.84. The molecule has 1 aromatic rings. The predicted octanol–water partition coefficient (Wildman–Crippen LogP) is 1.28. The van der Waals surface area contributed by atoms with Gasteiger partial charge in [0.1, 0.15) is 6.54 Å². The highest BCUT2D eigenvalue weighted by molar-refractivity contribution is 5.97. The average molecular weight is 286 g/mol. The number of anilines is 1. The molecule has 0 saturated heterocycles. The number of benzene rings is 1. The molecule has 1 amide bonds. The smallest absolute Gasteiger partial charge is 0.248 e. The Morgan fingerprint density at radius 3 is 2.95 bits per heavy atom. The molecule has 1 fully saturated rings. The van der Waals surface area contributed by atoms with Crippen molar-refractivity contribution in [1.82, 2.24) is 5.32 Å². The summed E-state index contributed by atoms with van der Waals surface area (Å²) in [5.74, 6) is 1.11. The van der Waals surface area contributed by atoms with E-state index in [1.54, 1.807) is 4.90 Å². The zero-order valence-electron chi connectivity index (χ0n) is 12.2. The molecule has 2 aliphatic rings. The van der Waals surface area contributed by atoms with E-state index in [0.29, 0.717) is 5.96 Å². The molecular weight excluding hydrogens is 264 g/mol. The second kappa shape index (κ2) is 6.16. The molecule has 0 atom stereocenters. The lowest BCUT2D eigenvalue weighted by molar-refractivity contribution is -0.117. The van der Waals surface area contributed by atoms with Gasteiger partial charge in [-0.1, -0.05) is 24.6 Å². The lowest BCUT2D eigenvalue weighted by Gasteiger charge is -2.25. The summed E-state index contributed by atoms with van der Waals surface area (Å²) in [6, 6.07) is 8.03. The number of nitrogens with zero attached hydrogens (tertiary/aromatic N) is 2. The number of amides is 1. The first-order valence-electron chi connectivity index (χ1n) is 7.66. The van der Waals surface area contributed by atoms with Crippen LogP contribution in [0.25, 0.3) is 0 Å². The second-order valence-corrected chi connectivity index (χ2v) is 5.80. The first-order chi connectivity index (χ1) is 10.2. The average Bonchev–Trinajstić information content (AvgIpc) is 2.87. The van der Waals surface area contributed by atoms with Gasteiger partial charge in [-0.15, -0.1) is 0 Å². The molecule has 3 rings (SSSR count). The first kappa shape index (κ1) is 13.9. The van der Waals surface area contributed by atoms with Crippen LogP contribution in [0.3, 0.4) is 0 Å². The predicted molar refractivity (Wildman–Crippen MR) is 84.3 cm³/mol. The Labute approximate surface area is 125 Å². The monoisotopic (exact) mass is 286 g/mol. The third kappa shape index (κ3) is 3.17. The fraction of sp³-hybridized carbons (Fsp3) is 0.500. The van der Waals surface area contributed by atoms with E-state index in [1.807, 2.05) is 18.2 Å². The summed E-state index contributed by atoms with van der Waals surface area (Å²) in [6.45, 7) is 1.72. The van der Waals surface area contributed by atoms with Crippen molar-refractivity contribution in [3.05, 3.63) is 29.8 Å². The molecule has 0 radical (unpaired) electrons. The van der Waals surface area contributed by atoms with E-state index in [2.05, 4.69) is 16.4 Å². The Kier molecular flexibility index (Phi) is 4.08. The van der Waals surface area contributed by atoms with Crippen molar-refractivity contribution in [1.29, 1.82) is 0 Å². The van der Waals surface area contributed by atoms with Gasteiger partial charge in [0.2, 0.25) is 5.91 Å². The molecule has 0 aromatic heterocycles. The Morgan fingerprint density at radius 2 is 2.19 bits per heavy atom. The number of hydrogen-bond donors (Lipinski definition) is 2. The van der Waals surface area contributed by atoms with Gasteiger partial charge in [0.15, 0.2) is 5.96 Å². The van der Waals surface area contributed by atoms with Crippen LogP contribution in [0.5, 0.6) is 0 Å². The van der Waals surface area contributed by atoms with Crippen LogP contribution in [0.4, 0.5) is 5.69 Å². The minimum atomic E-state index is 0.00773. The number of rotatable bonds is 4. The summed E-state index contributed by atoms with van der Waals surface area (Å²) in [5.41, 5.74) is 8.05. The summed E-state index contributed by atoms with van der Waals surface area (Å²) in [4.78, 5) is 18.2. The van der Waals surface area contributed by atoms with E-state index < -0.39 is 0 Å². The van der Waals surface area contributed by atoms with Gasteiger partial charge in [0.25, 0.3) is 0 Å². The first-order valence-corrected chi connectivity index (χ1v) is 7.66. The number of hydrogen-bond acceptors (Lipinski definition) is 2. The van der Waals surface area contributed by atoms with Crippen LogP contribution in [0.2, 0.25) is 0 Å². The van der Waals surface area contributed by atoms with Gasteiger partial charge in [-0.05, 0) is 36.8 Å². The van der Waals surface area contributed by atoms with Crippen molar-refractivity contribution in [3.8, 4) is 0 Å². The summed E-state index contributed by atoms with van der Waals surface area (Å²) < 4.78 is 0. The SMILES string of the molecule is NC(=NCC(=O)N1CCc2ccccc21)NCC1CCC1. The van der Waals surface area contributed by atoms with Crippen LogP contribution >= 0.6 is 0 Å². The number of nitrogens with two attached hydrogens (primary N) is 1. The lowest BCUT2D eigenvalue weighted by Crippen LogP contribution is -2.38. The Morgan fingerprint density at radius 1 is 1.38 bits per heavy atom. The molecule has 1 heterocycles. The van der Waals surface area contributed by atoms with Crippen molar-refractivity contribution in [2.45, 2.75) is 25.7 Å². The van der Waals surface area contributed by atoms with E-state index in [1.165, 1.54) is 24.8 Å². The maximum absolute atomic E-state index is 12.3. The van der Waals surface area contributed by atoms with Gasteiger partial charge in [-0.25, -0.2) is 4.99 Å². The lowest BCUT2D eigenvalue weighted by atomic mass is 9.85. The van der Waals surface area contributed by atoms with Crippen molar-refractivity contribution < 1.29 is 4.79 Å². The standard InChI is InChI=1S/C16H22N4O/c17-16(18-10-12-4-3-5-12)19-11-15(21)20-9-8-13-6-1-2-7-14(13)20/h1-2,6-7,12H,3-5,8-11H2,(H3,17,18,19). The molecule has 21 heavy (non-hydrogen) atoms. The normalized spacial score (nSPS) is 18.3. The topological polar surface area (TPSA) is 70.7 Å². The van der Waals surface area contributed by atoms with Crippen LogP contribution in [-0.2, 0) is 11.2 Å². The maximum atomic E-state index is 12.3. The third-order valence-electron chi connectivity index (χ3n) is 4.37. The summed E-state index contributed by atoms with van der Waals surface area (Å²) in [5, 5.41) is 3.11. The quantitative estimate of drug-likeness (QED) is 0.647. The van der Waals surface area contributed by atoms with E-state index in [4.69, 9.17) is 5.73 Å². The maximum Gasteiger partial charge on any atom is 0.248 e. The summed E-state index contributed by atoms with van der Waals surface area (Å²) in [6.07, 6.45) is 4.77. The number of fused-ring (bicyclic) bond motifs is 1. The highest BCUT2D eigenvalue weighted by Gasteiger charge is 2.23. The molecule has 5 nitrogen and oxygen atoms in total. The van der Waals surface area contributed by atoms with Gasteiger partial charge in [-0.2, -0.15) is 0 Å². The zero-order chi connectivity index (χ0) is 14.7. The highest BCUT2D eigenvalue weighted by Crippen LogP contribution is 2.27. The zero-order valence-corrected chi connectivity index (χ0v) is 12.2. The molecule has 1 aliphatic heterocycles. The molecule has 5 heteroatoms. The van der Waals surface area contributed by atoms with Gasteiger partial charge in [0, 0.05) is 18.8 Å². The molecule has 3 N–H and O–H groups in total. The number of guanidine groups is 1. The van der Waals surface area contributed by atoms with E-state index in [9.17, 15) is 4.79 Å². The van der Waals surface area contributed by atoms with Crippen LogP contribution in [0.1, 0.15) is 24.8 Å². The summed E-state index contributed by atoms with van der Waals surface area (Å²) >= 11 is 0. The number of carbonyl (C=O) groups excluding carboxylic acids is 1. The van der Waals surface area contributed by atoms with Crippen LogP contribution in [-0.4, -0.2) is 31.5 Å². The Bertz CT molecular complexity index is 551. The van der Waals surface area contributed by atoms with Crippen LogP contribution in [0.15, 0.2) is 29.3 Å². The minimum Gasteiger partial charge on any atom is -0.370 e. The van der Waals surface area contributed by atoms with Gasteiger partial charge in [0.05, 0.1) is 0 Å². The van der Waals surface area contributed by atoms with E-state index >= 15 is 0 Å². The highest BCUT2D eigenvalue weighted by atomic mass is 16.2. The van der Waals surface area contributed by atoms with Gasteiger partial charge < -0.3 is 16.0 Å². The molecule has 1 saturated carbocycles. The number of nitrogens with one attached hydrogen (secondary N) is 1. The van der Waals surface area contributed by atoms with Gasteiger partial charge >= 0.3 is 0 Å². The van der Waals surface area contributed by atoms with E-state index in [0.717, 1.165) is 31.1 Å². The van der Waals surface area contributed by atoms with Crippen molar-refractivity contribution >= 4 is 17.6 Å². The molecule has 1 aliphatic carbocycles. The number of aliphatic imine (C=N–C) groups is 1. The Hall–Kier alpha value is -2.04. The molecule has 1 aromatic carbocycles. The molecule has 0 spiro atoms. The molecule has 0 unspecified atom stereocenters. The van der Waals surface area contributed by atoms with Crippen molar-refractivity contribution in [2.24, 2.45) is 16.6 Å². The number of para-hydroxylation sites is 1. The van der Waals surface area contributed by atoms with Crippen LogP contribution < -0.4 is 16.0 Å². The largest absolute Gasteiger partial charge is 0.370 e. The fourth-order valence-corrected chi connectivity index (χ4v) is 2.84. The summed E-state index contributed by atoms with van der Waals surface area (Å²) in [7, 11) is 0. The third-order valence-corrected chi connectivity index (χ3v) is 4.37.